The fraction of sp³-hybridized carbons (Fsp3) is 0.312. The zero-order chi connectivity index (χ0) is 16.6. The third-order valence-corrected chi connectivity index (χ3v) is 5.02. The number of nitrogens with zero attached hydrogens (tertiary/aromatic N) is 1. The Morgan fingerprint density at radius 2 is 2.09 bits per heavy atom. The number of hydrogen-bond donors (Lipinski definition) is 3. The third kappa shape index (κ3) is 3.05. The van der Waals surface area contributed by atoms with E-state index in [-0.39, 0.29) is 11.6 Å². The van der Waals surface area contributed by atoms with E-state index >= 15 is 0 Å². The first-order valence-corrected chi connectivity index (χ1v) is 8.24. The van der Waals surface area contributed by atoms with Gasteiger partial charge in [-0.05, 0) is 44.4 Å². The van der Waals surface area contributed by atoms with Crippen LogP contribution in [-0.2, 0) is 11.2 Å². The average Bonchev–Trinajstić information content (AvgIpc) is 3.07. The lowest BCUT2D eigenvalue weighted by Gasteiger charge is -2.12. The molecule has 0 radical (unpaired) electrons. The number of hydrogen-bond acceptors (Lipinski definition) is 4. The molecule has 0 saturated heterocycles. The van der Waals surface area contributed by atoms with Crippen molar-refractivity contribution in [3.8, 4) is 0 Å². The second kappa shape index (κ2) is 6.00. The zero-order valence-electron chi connectivity index (χ0n) is 13.2. The Kier molecular flexibility index (Phi) is 4.04. The van der Waals surface area contributed by atoms with Gasteiger partial charge in [0, 0.05) is 11.3 Å². The molecule has 3 rings (SSSR count). The number of anilines is 1. The molecule has 7 heteroatoms. The third-order valence-electron chi connectivity index (χ3n) is 4.02. The van der Waals surface area contributed by atoms with E-state index in [1.165, 1.54) is 0 Å². The smallest absolute Gasteiger partial charge is 0.323 e. The van der Waals surface area contributed by atoms with Crippen molar-refractivity contribution in [1.29, 1.82) is 0 Å². The molecule has 0 atom stereocenters. The van der Waals surface area contributed by atoms with Crippen molar-refractivity contribution in [3.05, 3.63) is 43.8 Å². The number of aryl methyl sites for hydroxylation is 3. The van der Waals surface area contributed by atoms with Gasteiger partial charge in [0.25, 0.3) is 0 Å². The van der Waals surface area contributed by atoms with Crippen LogP contribution in [0.25, 0.3) is 11.0 Å². The molecule has 2 aromatic heterocycles. The molecule has 120 valence electrons. The lowest BCUT2D eigenvalue weighted by molar-refractivity contribution is -0.116. The first kappa shape index (κ1) is 15.5. The summed E-state index contributed by atoms with van der Waals surface area (Å²) in [7, 11) is 0. The number of aromatic nitrogens is 3. The van der Waals surface area contributed by atoms with E-state index in [1.54, 1.807) is 16.8 Å². The van der Waals surface area contributed by atoms with E-state index in [0.717, 1.165) is 21.7 Å². The zero-order valence-corrected chi connectivity index (χ0v) is 14.1. The van der Waals surface area contributed by atoms with Crippen molar-refractivity contribution in [1.82, 2.24) is 15.0 Å². The van der Waals surface area contributed by atoms with Crippen LogP contribution in [-0.4, -0.2) is 20.9 Å². The first-order chi connectivity index (χ1) is 11.0. The summed E-state index contributed by atoms with van der Waals surface area (Å²) in [5.74, 6) is -0.0742. The number of carbonyl (C=O) groups excluding carboxylic acids is 1. The number of nitrogens with one attached hydrogen (secondary N) is 3. The molecule has 0 unspecified atom stereocenters. The highest BCUT2D eigenvalue weighted by Gasteiger charge is 2.14. The summed E-state index contributed by atoms with van der Waals surface area (Å²) < 4.78 is 0. The van der Waals surface area contributed by atoms with Gasteiger partial charge < -0.3 is 15.3 Å². The normalized spacial score (nSPS) is 11.1. The molecule has 0 saturated carbocycles. The quantitative estimate of drug-likeness (QED) is 0.687. The van der Waals surface area contributed by atoms with Crippen molar-refractivity contribution in [2.75, 3.05) is 5.32 Å². The minimum atomic E-state index is -0.277. The van der Waals surface area contributed by atoms with Gasteiger partial charge in [0.1, 0.15) is 0 Å². The van der Waals surface area contributed by atoms with Crippen LogP contribution in [0.5, 0.6) is 0 Å². The van der Waals surface area contributed by atoms with Crippen LogP contribution in [0.15, 0.2) is 16.4 Å². The molecule has 0 aliphatic rings. The Bertz CT molecular complexity index is 935. The number of amides is 1. The molecule has 2 heterocycles. The molecular weight excluding hydrogens is 312 g/mol. The highest BCUT2D eigenvalue weighted by molar-refractivity contribution is 7.09. The standard InChI is InChI=1S/C16H18N4O2S/c1-8-6-11-15(20-16(22)18-11)14(9(8)2)19-13(21)5-4-12-10(3)17-7-23-12/h6-7H,4-5H2,1-3H3,(H,19,21)(H2,18,20,22). The Morgan fingerprint density at radius 3 is 2.78 bits per heavy atom. The molecule has 0 aliphatic carbocycles. The van der Waals surface area contributed by atoms with Crippen molar-refractivity contribution >= 4 is 34.0 Å². The fourth-order valence-corrected chi connectivity index (χ4v) is 3.34. The molecule has 3 N–H and O–H groups in total. The van der Waals surface area contributed by atoms with Crippen LogP contribution in [0.3, 0.4) is 0 Å². The topological polar surface area (TPSA) is 90.6 Å². The Labute approximate surface area is 137 Å². The van der Waals surface area contributed by atoms with Gasteiger partial charge >= 0.3 is 5.69 Å². The summed E-state index contributed by atoms with van der Waals surface area (Å²) in [6.07, 6.45) is 1.05. The van der Waals surface area contributed by atoms with Crippen molar-refractivity contribution < 1.29 is 4.79 Å². The minimum Gasteiger partial charge on any atom is -0.324 e. The molecular formula is C16H18N4O2S. The predicted octanol–water partition coefficient (Wildman–Crippen LogP) is 2.81. The summed E-state index contributed by atoms with van der Waals surface area (Å²) in [6.45, 7) is 5.84. The monoisotopic (exact) mass is 330 g/mol. The number of imidazole rings is 1. The summed E-state index contributed by atoms with van der Waals surface area (Å²) in [4.78, 5) is 34.6. The van der Waals surface area contributed by atoms with E-state index < -0.39 is 0 Å². The van der Waals surface area contributed by atoms with E-state index in [9.17, 15) is 9.59 Å². The van der Waals surface area contributed by atoms with Crippen molar-refractivity contribution in [3.63, 3.8) is 0 Å². The predicted molar refractivity (Wildman–Crippen MR) is 92.2 cm³/mol. The summed E-state index contributed by atoms with van der Waals surface area (Å²) in [5.41, 5.74) is 6.47. The van der Waals surface area contributed by atoms with Gasteiger partial charge in [-0.15, -0.1) is 11.3 Å². The number of rotatable bonds is 4. The Balaban J connectivity index is 1.83. The summed E-state index contributed by atoms with van der Waals surface area (Å²) >= 11 is 1.57. The molecule has 3 aromatic rings. The molecule has 0 bridgehead atoms. The highest BCUT2D eigenvalue weighted by atomic mass is 32.1. The van der Waals surface area contributed by atoms with Crippen LogP contribution in [0.4, 0.5) is 5.69 Å². The molecule has 23 heavy (non-hydrogen) atoms. The molecule has 6 nitrogen and oxygen atoms in total. The maximum atomic E-state index is 12.3. The van der Waals surface area contributed by atoms with Gasteiger partial charge in [0.2, 0.25) is 5.91 Å². The van der Waals surface area contributed by atoms with Crippen LogP contribution in [0.1, 0.15) is 28.1 Å². The second-order valence-electron chi connectivity index (χ2n) is 5.60. The van der Waals surface area contributed by atoms with E-state index in [4.69, 9.17) is 0 Å². The highest BCUT2D eigenvalue weighted by Crippen LogP contribution is 2.27. The maximum absolute atomic E-state index is 12.3. The molecule has 0 aliphatic heterocycles. The van der Waals surface area contributed by atoms with Gasteiger partial charge in [0.15, 0.2) is 0 Å². The number of carbonyl (C=O) groups is 1. The van der Waals surface area contributed by atoms with Crippen LogP contribution < -0.4 is 11.0 Å². The molecule has 1 aromatic carbocycles. The molecule has 1 amide bonds. The number of aromatic amines is 2. The number of fused-ring (bicyclic) bond motifs is 1. The Morgan fingerprint density at radius 1 is 1.30 bits per heavy atom. The summed E-state index contributed by atoms with van der Waals surface area (Å²) in [5, 5.41) is 2.94. The Hall–Kier alpha value is -2.41. The van der Waals surface area contributed by atoms with Crippen LogP contribution in [0.2, 0.25) is 0 Å². The number of thiazole rings is 1. The van der Waals surface area contributed by atoms with E-state index in [0.29, 0.717) is 29.6 Å². The number of benzene rings is 1. The van der Waals surface area contributed by atoms with Crippen molar-refractivity contribution in [2.45, 2.75) is 33.6 Å². The fourth-order valence-electron chi connectivity index (χ4n) is 2.56. The van der Waals surface area contributed by atoms with Gasteiger partial charge in [-0.25, -0.2) is 9.78 Å². The lowest BCUT2D eigenvalue weighted by atomic mass is 10.1. The largest absolute Gasteiger partial charge is 0.324 e. The van der Waals surface area contributed by atoms with Crippen LogP contribution >= 0.6 is 11.3 Å². The van der Waals surface area contributed by atoms with E-state index in [2.05, 4.69) is 20.3 Å². The minimum absolute atomic E-state index is 0.0742. The average molecular weight is 330 g/mol. The van der Waals surface area contributed by atoms with Gasteiger partial charge in [-0.3, -0.25) is 4.79 Å². The van der Waals surface area contributed by atoms with Gasteiger partial charge in [-0.1, -0.05) is 0 Å². The maximum Gasteiger partial charge on any atom is 0.323 e. The first-order valence-electron chi connectivity index (χ1n) is 7.36. The summed E-state index contributed by atoms with van der Waals surface area (Å²) in [6, 6.07) is 1.90. The second-order valence-corrected chi connectivity index (χ2v) is 6.54. The number of H-pyrrole nitrogens is 2. The van der Waals surface area contributed by atoms with Crippen molar-refractivity contribution in [2.24, 2.45) is 0 Å². The molecule has 0 spiro atoms. The lowest BCUT2D eigenvalue weighted by Crippen LogP contribution is -2.14. The van der Waals surface area contributed by atoms with E-state index in [1.807, 2.05) is 26.8 Å². The van der Waals surface area contributed by atoms with Gasteiger partial charge in [-0.2, -0.15) is 0 Å². The SMILES string of the molecule is Cc1cc2[nH]c(=O)[nH]c2c(NC(=O)CCc2scnc2C)c1C. The molecule has 0 fully saturated rings. The van der Waals surface area contributed by atoms with Gasteiger partial charge in [0.05, 0.1) is 27.9 Å². The van der Waals surface area contributed by atoms with Crippen LogP contribution in [0, 0.1) is 20.8 Å².